The Kier molecular flexibility index (Phi) is 3.61. The summed E-state index contributed by atoms with van der Waals surface area (Å²) in [4.78, 5) is 11.0. The lowest BCUT2D eigenvalue weighted by molar-refractivity contribution is -0.137. The minimum atomic E-state index is -3.65. The van der Waals surface area contributed by atoms with E-state index in [1.807, 2.05) is 6.07 Å². The van der Waals surface area contributed by atoms with Crippen molar-refractivity contribution in [3.05, 3.63) is 22.2 Å². The van der Waals surface area contributed by atoms with E-state index in [0.717, 1.165) is 5.56 Å². The molecule has 104 valence electrons. The van der Waals surface area contributed by atoms with E-state index in [9.17, 15) is 13.2 Å². The Morgan fingerprint density at radius 1 is 1.47 bits per heavy atom. The molecule has 2 unspecified atom stereocenters. The molecule has 7 heteroatoms. The van der Waals surface area contributed by atoms with Crippen molar-refractivity contribution in [3.8, 4) is 0 Å². The molecule has 1 heterocycles. The van der Waals surface area contributed by atoms with Gasteiger partial charge in [0.15, 0.2) is 9.84 Å². The molecule has 0 amide bonds. The van der Waals surface area contributed by atoms with Gasteiger partial charge in [0.2, 0.25) is 0 Å². The van der Waals surface area contributed by atoms with Crippen molar-refractivity contribution in [1.29, 1.82) is 0 Å². The SMILES string of the molecule is Cc1cc(Br)c2c(c1)S(=O)(=O)C(CC(=O)O)C(C)N2. The number of rotatable bonds is 2. The topological polar surface area (TPSA) is 83.5 Å². The molecule has 1 aliphatic heterocycles. The number of anilines is 1. The number of carbonyl (C=O) groups is 1. The van der Waals surface area contributed by atoms with Gasteiger partial charge in [-0.1, -0.05) is 0 Å². The zero-order valence-electron chi connectivity index (χ0n) is 10.5. The van der Waals surface area contributed by atoms with E-state index in [4.69, 9.17) is 5.11 Å². The van der Waals surface area contributed by atoms with Crippen LogP contribution >= 0.6 is 15.9 Å². The van der Waals surface area contributed by atoms with Gasteiger partial charge in [0.25, 0.3) is 0 Å². The quantitative estimate of drug-likeness (QED) is 0.856. The molecule has 1 aromatic rings. The van der Waals surface area contributed by atoms with Gasteiger partial charge in [0.1, 0.15) is 0 Å². The zero-order chi connectivity index (χ0) is 14.4. The second kappa shape index (κ2) is 4.79. The summed E-state index contributed by atoms with van der Waals surface area (Å²) in [5, 5.41) is 11.0. The van der Waals surface area contributed by atoms with Crippen LogP contribution in [-0.2, 0) is 14.6 Å². The smallest absolute Gasteiger partial charge is 0.304 e. The molecule has 0 bridgehead atoms. The van der Waals surface area contributed by atoms with Crippen LogP contribution in [0.3, 0.4) is 0 Å². The van der Waals surface area contributed by atoms with Gasteiger partial charge in [-0.2, -0.15) is 0 Å². The van der Waals surface area contributed by atoms with E-state index >= 15 is 0 Å². The van der Waals surface area contributed by atoms with E-state index < -0.39 is 33.5 Å². The van der Waals surface area contributed by atoms with Crippen LogP contribution in [0.25, 0.3) is 0 Å². The van der Waals surface area contributed by atoms with Crippen LogP contribution in [0.15, 0.2) is 21.5 Å². The van der Waals surface area contributed by atoms with Gasteiger partial charge in [-0.25, -0.2) is 8.42 Å². The summed E-state index contributed by atoms with van der Waals surface area (Å²) in [5.41, 5.74) is 1.32. The fourth-order valence-corrected chi connectivity index (χ4v) is 5.20. The van der Waals surface area contributed by atoms with Crippen molar-refractivity contribution in [2.45, 2.75) is 36.5 Å². The lowest BCUT2D eigenvalue weighted by Gasteiger charge is -2.32. The number of nitrogens with one attached hydrogen (secondary N) is 1. The third-order valence-electron chi connectivity index (χ3n) is 3.21. The first-order chi connectivity index (χ1) is 8.73. The molecule has 0 spiro atoms. The number of hydrogen-bond donors (Lipinski definition) is 2. The summed E-state index contributed by atoms with van der Waals surface area (Å²) in [7, 11) is -3.65. The van der Waals surface area contributed by atoms with Gasteiger partial charge in [0.05, 0.1) is 22.3 Å². The highest BCUT2D eigenvalue weighted by Gasteiger charge is 2.40. The molecule has 0 aliphatic carbocycles. The van der Waals surface area contributed by atoms with Crippen molar-refractivity contribution < 1.29 is 18.3 Å². The second-order valence-electron chi connectivity index (χ2n) is 4.73. The van der Waals surface area contributed by atoms with Gasteiger partial charge in [0, 0.05) is 10.5 Å². The lowest BCUT2D eigenvalue weighted by Crippen LogP contribution is -2.43. The molecular weight excluding hydrogens is 334 g/mol. The van der Waals surface area contributed by atoms with E-state index in [1.54, 1.807) is 19.9 Å². The number of halogens is 1. The molecule has 1 aliphatic rings. The lowest BCUT2D eigenvalue weighted by atomic mass is 10.1. The van der Waals surface area contributed by atoms with Gasteiger partial charge in [-0.15, -0.1) is 0 Å². The predicted octanol–water partition coefficient (Wildman–Crippen LogP) is 2.19. The third-order valence-corrected chi connectivity index (χ3v) is 6.14. The van der Waals surface area contributed by atoms with Crippen molar-refractivity contribution in [1.82, 2.24) is 0 Å². The van der Waals surface area contributed by atoms with Crippen LogP contribution in [-0.4, -0.2) is 30.8 Å². The van der Waals surface area contributed by atoms with Crippen molar-refractivity contribution in [2.75, 3.05) is 5.32 Å². The van der Waals surface area contributed by atoms with Crippen LogP contribution < -0.4 is 5.32 Å². The average molecular weight is 348 g/mol. The van der Waals surface area contributed by atoms with E-state index in [0.29, 0.717) is 10.2 Å². The van der Waals surface area contributed by atoms with Gasteiger partial charge in [-0.05, 0) is 47.5 Å². The van der Waals surface area contributed by atoms with Crippen LogP contribution in [0.2, 0.25) is 0 Å². The Hall–Kier alpha value is -1.08. The van der Waals surface area contributed by atoms with E-state index in [-0.39, 0.29) is 4.90 Å². The number of carboxylic acids is 1. The first kappa shape index (κ1) is 14.3. The van der Waals surface area contributed by atoms with Crippen LogP contribution in [0.1, 0.15) is 18.9 Å². The fraction of sp³-hybridized carbons (Fsp3) is 0.417. The first-order valence-corrected chi connectivity index (χ1v) is 8.10. The minimum Gasteiger partial charge on any atom is -0.481 e. The van der Waals surface area contributed by atoms with Crippen molar-refractivity contribution >= 4 is 37.4 Å². The number of aliphatic carboxylic acids is 1. The maximum Gasteiger partial charge on any atom is 0.304 e. The Morgan fingerprint density at radius 2 is 2.11 bits per heavy atom. The maximum atomic E-state index is 12.5. The average Bonchev–Trinajstić information content (AvgIpc) is 2.26. The third kappa shape index (κ3) is 2.49. The summed E-state index contributed by atoms with van der Waals surface area (Å²) in [6, 6.07) is 2.95. The summed E-state index contributed by atoms with van der Waals surface area (Å²) in [6.45, 7) is 3.48. The van der Waals surface area contributed by atoms with E-state index in [1.165, 1.54) is 0 Å². The normalized spacial score (nSPS) is 24.4. The van der Waals surface area contributed by atoms with Crippen molar-refractivity contribution in [3.63, 3.8) is 0 Å². The number of carboxylic acid groups (broad SMARTS) is 1. The molecule has 2 rings (SSSR count). The fourth-order valence-electron chi connectivity index (χ4n) is 2.29. The van der Waals surface area contributed by atoms with Crippen LogP contribution in [0.4, 0.5) is 5.69 Å². The number of hydrogen-bond acceptors (Lipinski definition) is 4. The summed E-state index contributed by atoms with van der Waals surface area (Å²) < 4.78 is 25.7. The number of sulfone groups is 1. The zero-order valence-corrected chi connectivity index (χ0v) is 12.9. The minimum absolute atomic E-state index is 0.170. The Balaban J connectivity index is 2.62. The van der Waals surface area contributed by atoms with Crippen LogP contribution in [0.5, 0.6) is 0 Å². The highest BCUT2D eigenvalue weighted by Crippen LogP contribution is 2.39. The van der Waals surface area contributed by atoms with Crippen LogP contribution in [0, 0.1) is 6.92 Å². The second-order valence-corrected chi connectivity index (χ2v) is 7.72. The molecule has 2 N–H and O–H groups in total. The maximum absolute atomic E-state index is 12.5. The van der Waals surface area contributed by atoms with Gasteiger partial charge < -0.3 is 10.4 Å². The molecule has 0 radical (unpaired) electrons. The Bertz CT molecular complexity index is 641. The predicted molar refractivity (Wildman–Crippen MR) is 75.2 cm³/mol. The molecule has 2 atom stereocenters. The summed E-state index contributed by atoms with van der Waals surface area (Å²) in [6.07, 6.45) is -0.401. The summed E-state index contributed by atoms with van der Waals surface area (Å²) >= 11 is 3.34. The molecular formula is C12H14BrNO4S. The number of fused-ring (bicyclic) bond motifs is 1. The molecule has 19 heavy (non-hydrogen) atoms. The molecule has 0 fully saturated rings. The first-order valence-electron chi connectivity index (χ1n) is 5.76. The van der Waals surface area contributed by atoms with Crippen molar-refractivity contribution in [2.24, 2.45) is 0 Å². The standard InChI is InChI=1S/C12H14BrNO4S/c1-6-3-8(13)12-10(4-6)19(17,18)9(5-11(15)16)7(2)14-12/h3-4,7,9,14H,5H2,1-2H3,(H,15,16). The monoisotopic (exact) mass is 347 g/mol. The number of benzene rings is 1. The molecule has 5 nitrogen and oxygen atoms in total. The Labute approximate surface area is 120 Å². The largest absolute Gasteiger partial charge is 0.481 e. The molecule has 0 saturated carbocycles. The Morgan fingerprint density at radius 3 is 2.68 bits per heavy atom. The molecule has 1 aromatic carbocycles. The molecule has 0 aromatic heterocycles. The van der Waals surface area contributed by atoms with E-state index in [2.05, 4.69) is 21.2 Å². The number of aryl methyl sites for hydroxylation is 1. The highest BCUT2D eigenvalue weighted by atomic mass is 79.9. The van der Waals surface area contributed by atoms with Gasteiger partial charge in [-0.3, -0.25) is 4.79 Å². The summed E-state index contributed by atoms with van der Waals surface area (Å²) in [5.74, 6) is -1.11. The van der Waals surface area contributed by atoms with Gasteiger partial charge >= 0.3 is 5.97 Å². The highest BCUT2D eigenvalue weighted by molar-refractivity contribution is 9.10. The molecule has 0 saturated heterocycles.